The minimum absolute atomic E-state index is 0.00420. The number of Topliss-reactive ketones (excluding diaryl/α,β-unsaturated/α-hetero) is 1. The topological polar surface area (TPSA) is 99.0 Å². The normalized spacial score (nSPS) is 13.0. The zero-order chi connectivity index (χ0) is 18.1. The number of thiazole rings is 1. The summed E-state index contributed by atoms with van der Waals surface area (Å²) in [6.45, 7) is -0.432. The number of fused-ring (bicyclic) bond motifs is 2. The molecule has 132 valence electrons. The van der Waals surface area contributed by atoms with Crippen LogP contribution >= 0.6 is 11.3 Å². The fourth-order valence-corrected chi connectivity index (χ4v) is 3.27. The number of ether oxygens (including phenoxy) is 2. The van der Waals surface area contributed by atoms with Crippen LogP contribution in [0.5, 0.6) is 5.75 Å². The van der Waals surface area contributed by atoms with E-state index in [1.807, 2.05) is 16.0 Å². The molecule has 2 aromatic heterocycles. The van der Waals surface area contributed by atoms with Crippen LogP contribution < -0.4 is 10.1 Å². The monoisotopic (exact) mass is 371 g/mol. The summed E-state index contributed by atoms with van der Waals surface area (Å²) in [6.07, 6.45) is 3.60. The van der Waals surface area contributed by atoms with E-state index < -0.39 is 5.97 Å². The van der Waals surface area contributed by atoms with Gasteiger partial charge in [-0.25, -0.2) is 4.98 Å². The van der Waals surface area contributed by atoms with Gasteiger partial charge in [0.15, 0.2) is 24.0 Å². The molecule has 0 fully saturated rings. The molecule has 1 aliphatic heterocycles. The average Bonchev–Trinajstić information content (AvgIpc) is 3.20. The summed E-state index contributed by atoms with van der Waals surface area (Å²) in [5.74, 6) is -0.683. The van der Waals surface area contributed by atoms with E-state index in [9.17, 15) is 14.4 Å². The van der Waals surface area contributed by atoms with E-state index in [4.69, 9.17) is 9.47 Å². The largest absolute Gasteiger partial charge is 0.482 e. The molecule has 4 rings (SSSR count). The Balaban J connectivity index is 1.36. The van der Waals surface area contributed by atoms with Crippen LogP contribution in [0.25, 0.3) is 4.96 Å². The second-order valence-electron chi connectivity index (χ2n) is 5.63. The predicted octanol–water partition coefficient (Wildman–Crippen LogP) is 1.70. The molecule has 3 heterocycles. The van der Waals surface area contributed by atoms with Gasteiger partial charge in [0.1, 0.15) is 5.75 Å². The first-order valence-corrected chi connectivity index (χ1v) is 8.63. The van der Waals surface area contributed by atoms with Gasteiger partial charge in [-0.05, 0) is 18.2 Å². The molecule has 0 saturated carbocycles. The van der Waals surface area contributed by atoms with Crippen molar-refractivity contribution in [3.05, 3.63) is 47.2 Å². The number of carbonyl (C=O) groups excluding carboxylic acids is 3. The molecule has 8 nitrogen and oxygen atoms in total. The highest BCUT2D eigenvalue weighted by molar-refractivity contribution is 7.15. The van der Waals surface area contributed by atoms with E-state index in [1.54, 1.807) is 18.3 Å². The number of benzene rings is 1. The summed E-state index contributed by atoms with van der Waals surface area (Å²) in [4.78, 5) is 40.6. The van der Waals surface area contributed by atoms with Crippen molar-refractivity contribution in [2.24, 2.45) is 0 Å². The lowest BCUT2D eigenvalue weighted by atomic mass is 10.1. The van der Waals surface area contributed by atoms with Crippen molar-refractivity contribution in [1.82, 2.24) is 9.38 Å². The number of hydrogen-bond acceptors (Lipinski definition) is 7. The molecule has 0 spiro atoms. The third kappa shape index (κ3) is 3.29. The molecule has 0 unspecified atom stereocenters. The summed E-state index contributed by atoms with van der Waals surface area (Å²) in [5.41, 5.74) is 1.34. The summed E-state index contributed by atoms with van der Waals surface area (Å²) in [6, 6.07) is 4.67. The zero-order valence-electron chi connectivity index (χ0n) is 13.4. The molecule has 0 atom stereocenters. The summed E-state index contributed by atoms with van der Waals surface area (Å²) < 4.78 is 12.1. The standard InChI is InChI=1S/C17H13N3O5S/c21-13(10-1-2-14-12(5-10)19-15(22)9-24-14)8-25-16(23)6-11-7-20-3-4-26-17(20)18-11/h1-5,7H,6,8-9H2,(H,19,22). The van der Waals surface area contributed by atoms with Crippen LogP contribution in [0, 0.1) is 0 Å². The van der Waals surface area contributed by atoms with E-state index in [0.717, 1.165) is 4.96 Å². The lowest BCUT2D eigenvalue weighted by Gasteiger charge is -2.18. The maximum absolute atomic E-state index is 12.2. The molecular weight excluding hydrogens is 358 g/mol. The van der Waals surface area contributed by atoms with Crippen molar-refractivity contribution in [2.75, 3.05) is 18.5 Å². The number of nitrogens with one attached hydrogen (secondary N) is 1. The molecule has 1 N–H and O–H groups in total. The fraction of sp³-hybridized carbons (Fsp3) is 0.176. The van der Waals surface area contributed by atoms with Gasteiger partial charge in [-0.2, -0.15) is 0 Å². The summed E-state index contributed by atoms with van der Waals surface area (Å²) >= 11 is 1.47. The van der Waals surface area contributed by atoms with Gasteiger partial charge in [-0.3, -0.25) is 18.8 Å². The fourth-order valence-electron chi connectivity index (χ4n) is 2.55. The van der Waals surface area contributed by atoms with Gasteiger partial charge in [0.2, 0.25) is 0 Å². The summed E-state index contributed by atoms with van der Waals surface area (Å²) in [5, 5.41) is 4.53. The molecule has 1 aliphatic rings. The van der Waals surface area contributed by atoms with Gasteiger partial charge in [-0.15, -0.1) is 11.3 Å². The molecule has 0 aliphatic carbocycles. The molecule has 3 aromatic rings. The van der Waals surface area contributed by atoms with Crippen molar-refractivity contribution in [2.45, 2.75) is 6.42 Å². The second-order valence-corrected chi connectivity index (χ2v) is 6.51. The van der Waals surface area contributed by atoms with Crippen molar-refractivity contribution in [3.8, 4) is 5.75 Å². The zero-order valence-corrected chi connectivity index (χ0v) is 14.2. The van der Waals surface area contributed by atoms with Crippen molar-refractivity contribution >= 4 is 39.6 Å². The van der Waals surface area contributed by atoms with E-state index in [0.29, 0.717) is 22.7 Å². The van der Waals surface area contributed by atoms with Crippen LogP contribution in [0.2, 0.25) is 0 Å². The highest BCUT2D eigenvalue weighted by atomic mass is 32.1. The average molecular weight is 371 g/mol. The third-order valence-electron chi connectivity index (χ3n) is 3.77. The number of hydrogen-bond donors (Lipinski definition) is 1. The Morgan fingerprint density at radius 3 is 3.12 bits per heavy atom. The van der Waals surface area contributed by atoms with E-state index in [1.165, 1.54) is 17.4 Å². The Kier molecular flexibility index (Phi) is 4.13. The Bertz CT molecular complexity index is 994. The molecular formula is C17H13N3O5S. The number of anilines is 1. The molecule has 0 saturated heterocycles. The first-order valence-electron chi connectivity index (χ1n) is 7.75. The van der Waals surface area contributed by atoms with Crippen LogP contribution in [0.3, 0.4) is 0 Å². The quantitative estimate of drug-likeness (QED) is 0.541. The summed E-state index contributed by atoms with van der Waals surface area (Å²) in [7, 11) is 0. The highest BCUT2D eigenvalue weighted by Gasteiger charge is 2.19. The SMILES string of the molecule is O=C1COc2ccc(C(=O)COC(=O)Cc3cn4ccsc4n3)cc2N1. The first-order chi connectivity index (χ1) is 12.6. The number of esters is 1. The number of imidazole rings is 1. The van der Waals surface area contributed by atoms with Crippen molar-refractivity contribution in [1.29, 1.82) is 0 Å². The number of aromatic nitrogens is 2. The van der Waals surface area contributed by atoms with Gasteiger partial charge in [0, 0.05) is 23.3 Å². The minimum Gasteiger partial charge on any atom is -0.482 e. The Hall–Kier alpha value is -3.20. The Labute approximate surface area is 151 Å². The van der Waals surface area contributed by atoms with Crippen molar-refractivity contribution in [3.63, 3.8) is 0 Å². The minimum atomic E-state index is -0.529. The van der Waals surface area contributed by atoms with Gasteiger partial charge >= 0.3 is 5.97 Å². The number of nitrogens with zero attached hydrogens (tertiary/aromatic N) is 2. The Morgan fingerprint density at radius 2 is 2.27 bits per heavy atom. The van der Waals surface area contributed by atoms with Gasteiger partial charge in [-0.1, -0.05) is 0 Å². The van der Waals surface area contributed by atoms with E-state index in [2.05, 4.69) is 10.3 Å². The molecule has 0 radical (unpaired) electrons. The van der Waals surface area contributed by atoms with Crippen LogP contribution in [-0.2, 0) is 20.7 Å². The molecule has 0 bridgehead atoms. The van der Waals surface area contributed by atoms with E-state index >= 15 is 0 Å². The maximum Gasteiger partial charge on any atom is 0.312 e. The van der Waals surface area contributed by atoms with Gasteiger partial charge in [0.25, 0.3) is 5.91 Å². The smallest absolute Gasteiger partial charge is 0.312 e. The van der Waals surface area contributed by atoms with E-state index in [-0.39, 0.29) is 31.3 Å². The number of rotatable bonds is 5. The molecule has 1 amide bonds. The first kappa shape index (κ1) is 16.3. The lowest BCUT2D eigenvalue weighted by Crippen LogP contribution is -2.25. The third-order valence-corrected chi connectivity index (χ3v) is 4.54. The van der Waals surface area contributed by atoms with Crippen LogP contribution in [0.1, 0.15) is 16.1 Å². The maximum atomic E-state index is 12.2. The second kappa shape index (κ2) is 6.60. The van der Waals surface area contributed by atoms with Gasteiger partial charge < -0.3 is 14.8 Å². The van der Waals surface area contributed by atoms with Crippen LogP contribution in [0.15, 0.2) is 36.0 Å². The predicted molar refractivity (Wildman–Crippen MR) is 92.6 cm³/mol. The van der Waals surface area contributed by atoms with Gasteiger partial charge in [0.05, 0.1) is 17.8 Å². The van der Waals surface area contributed by atoms with Crippen LogP contribution in [0.4, 0.5) is 5.69 Å². The van der Waals surface area contributed by atoms with Crippen molar-refractivity contribution < 1.29 is 23.9 Å². The molecule has 26 heavy (non-hydrogen) atoms. The van der Waals surface area contributed by atoms with Crippen LogP contribution in [-0.4, -0.2) is 40.3 Å². The molecule has 9 heteroatoms. The highest BCUT2D eigenvalue weighted by Crippen LogP contribution is 2.28. The number of amides is 1. The number of ketones is 1. The number of carbonyl (C=O) groups is 3. The molecule has 1 aromatic carbocycles. The Morgan fingerprint density at radius 1 is 1.38 bits per heavy atom. The lowest BCUT2D eigenvalue weighted by molar-refractivity contribution is -0.141.